The van der Waals surface area contributed by atoms with Gasteiger partial charge < -0.3 is 9.15 Å². The summed E-state index contributed by atoms with van der Waals surface area (Å²) < 4.78 is 9.73. The van der Waals surface area contributed by atoms with Crippen LogP contribution in [-0.2, 0) is 20.7 Å². The van der Waals surface area contributed by atoms with Crippen molar-refractivity contribution in [2.24, 2.45) is 0 Å². The van der Waals surface area contributed by atoms with Crippen LogP contribution in [0.2, 0.25) is 0 Å². The number of esters is 1. The van der Waals surface area contributed by atoms with Crippen molar-refractivity contribution in [2.75, 3.05) is 6.61 Å². The normalized spacial score (nSPS) is 9.93. The zero-order chi connectivity index (χ0) is 11.1. The summed E-state index contributed by atoms with van der Waals surface area (Å²) in [5.74, 6) is 0.284. The summed E-state index contributed by atoms with van der Waals surface area (Å²) in [6.07, 6.45) is 2.12. The van der Waals surface area contributed by atoms with Crippen LogP contribution in [0.3, 0.4) is 0 Å². The second kappa shape index (κ2) is 6.01. The number of ketones is 1. The van der Waals surface area contributed by atoms with Crippen LogP contribution in [0.4, 0.5) is 0 Å². The quantitative estimate of drug-likeness (QED) is 0.671. The Labute approximate surface area is 88.2 Å². The van der Waals surface area contributed by atoms with Crippen molar-refractivity contribution in [3.63, 3.8) is 0 Å². The average molecular weight is 210 g/mol. The third kappa shape index (κ3) is 4.44. The number of hydrogen-bond acceptors (Lipinski definition) is 4. The van der Waals surface area contributed by atoms with Gasteiger partial charge in [0, 0.05) is 6.42 Å². The van der Waals surface area contributed by atoms with Crippen LogP contribution >= 0.6 is 0 Å². The summed E-state index contributed by atoms with van der Waals surface area (Å²) in [6, 6.07) is 3.47. The third-order valence-corrected chi connectivity index (χ3v) is 1.86. The molecule has 1 aromatic rings. The maximum absolute atomic E-state index is 11.4. The second-order valence-electron chi connectivity index (χ2n) is 3.10. The van der Waals surface area contributed by atoms with Gasteiger partial charge in [0.05, 0.1) is 25.7 Å². The lowest BCUT2D eigenvalue weighted by molar-refractivity contribution is -0.144. The topological polar surface area (TPSA) is 56.5 Å². The summed E-state index contributed by atoms with van der Waals surface area (Å²) >= 11 is 0. The van der Waals surface area contributed by atoms with Gasteiger partial charge in [0.25, 0.3) is 0 Å². The SMILES string of the molecule is CCOC(=O)CCC(=O)Cc1ccco1. The highest BCUT2D eigenvalue weighted by atomic mass is 16.5. The zero-order valence-electron chi connectivity index (χ0n) is 8.69. The number of Topliss-reactive ketones (excluding diaryl/α,β-unsaturated/α-hetero) is 1. The third-order valence-electron chi connectivity index (χ3n) is 1.86. The molecule has 1 aromatic heterocycles. The summed E-state index contributed by atoms with van der Waals surface area (Å²) in [6.45, 7) is 2.09. The fraction of sp³-hybridized carbons (Fsp3) is 0.455. The first kappa shape index (κ1) is 11.5. The molecule has 82 valence electrons. The molecule has 0 aliphatic rings. The van der Waals surface area contributed by atoms with E-state index in [-0.39, 0.29) is 31.0 Å². The minimum atomic E-state index is -0.328. The van der Waals surface area contributed by atoms with Crippen molar-refractivity contribution in [2.45, 2.75) is 26.2 Å². The Morgan fingerprint density at radius 3 is 2.80 bits per heavy atom. The highest BCUT2D eigenvalue weighted by Crippen LogP contribution is 2.04. The van der Waals surface area contributed by atoms with Crippen LogP contribution in [0, 0.1) is 0 Å². The fourth-order valence-electron chi connectivity index (χ4n) is 1.17. The lowest BCUT2D eigenvalue weighted by Gasteiger charge is -2.00. The van der Waals surface area contributed by atoms with Crippen LogP contribution in [-0.4, -0.2) is 18.4 Å². The molecular weight excluding hydrogens is 196 g/mol. The van der Waals surface area contributed by atoms with E-state index in [1.807, 2.05) is 0 Å². The Balaban J connectivity index is 2.22. The standard InChI is InChI=1S/C11H14O4/c1-2-14-11(13)6-5-9(12)8-10-4-3-7-15-10/h3-4,7H,2,5-6,8H2,1H3. The van der Waals surface area contributed by atoms with E-state index in [9.17, 15) is 9.59 Å². The lowest BCUT2D eigenvalue weighted by Crippen LogP contribution is -2.09. The number of hydrogen-bond donors (Lipinski definition) is 0. The van der Waals surface area contributed by atoms with Crippen molar-refractivity contribution in [1.82, 2.24) is 0 Å². The molecule has 0 radical (unpaired) electrons. The first-order chi connectivity index (χ1) is 7.22. The largest absolute Gasteiger partial charge is 0.469 e. The van der Waals surface area contributed by atoms with E-state index in [1.54, 1.807) is 19.1 Å². The molecule has 0 saturated heterocycles. The molecular formula is C11H14O4. The average Bonchev–Trinajstić information content (AvgIpc) is 2.68. The second-order valence-corrected chi connectivity index (χ2v) is 3.10. The molecule has 0 spiro atoms. The van der Waals surface area contributed by atoms with E-state index < -0.39 is 0 Å². The van der Waals surface area contributed by atoms with E-state index in [4.69, 9.17) is 9.15 Å². The predicted octanol–water partition coefficient (Wildman–Crippen LogP) is 1.73. The molecule has 1 heterocycles. The Hall–Kier alpha value is -1.58. The van der Waals surface area contributed by atoms with Crippen LogP contribution in [0.5, 0.6) is 0 Å². The molecule has 4 nitrogen and oxygen atoms in total. The van der Waals surface area contributed by atoms with Gasteiger partial charge in [-0.25, -0.2) is 0 Å². The molecule has 0 atom stereocenters. The van der Waals surface area contributed by atoms with Crippen LogP contribution in [0.25, 0.3) is 0 Å². The maximum atomic E-state index is 11.4. The molecule has 0 N–H and O–H groups in total. The van der Waals surface area contributed by atoms with Gasteiger partial charge in [0.2, 0.25) is 0 Å². The van der Waals surface area contributed by atoms with Gasteiger partial charge in [-0.2, -0.15) is 0 Å². The Morgan fingerprint density at radius 2 is 2.20 bits per heavy atom. The van der Waals surface area contributed by atoms with E-state index in [0.717, 1.165) is 0 Å². The summed E-state index contributed by atoms with van der Waals surface area (Å²) in [4.78, 5) is 22.3. The van der Waals surface area contributed by atoms with Gasteiger partial charge in [-0.15, -0.1) is 0 Å². The predicted molar refractivity (Wildman–Crippen MR) is 53.3 cm³/mol. The van der Waals surface area contributed by atoms with Crippen LogP contribution in [0.15, 0.2) is 22.8 Å². The number of carbonyl (C=O) groups excluding carboxylic acids is 2. The summed E-state index contributed by atoms with van der Waals surface area (Å²) in [5, 5.41) is 0. The molecule has 0 fully saturated rings. The van der Waals surface area contributed by atoms with Gasteiger partial charge >= 0.3 is 5.97 Å². The first-order valence-corrected chi connectivity index (χ1v) is 4.92. The molecule has 4 heteroatoms. The highest BCUT2D eigenvalue weighted by Gasteiger charge is 2.09. The molecule has 0 bridgehead atoms. The van der Waals surface area contributed by atoms with Gasteiger partial charge in [0.15, 0.2) is 0 Å². The van der Waals surface area contributed by atoms with Crippen molar-refractivity contribution < 1.29 is 18.7 Å². The number of rotatable bonds is 6. The molecule has 0 aromatic carbocycles. The van der Waals surface area contributed by atoms with Crippen molar-refractivity contribution >= 4 is 11.8 Å². The Morgan fingerprint density at radius 1 is 1.40 bits per heavy atom. The summed E-state index contributed by atoms with van der Waals surface area (Å²) in [5.41, 5.74) is 0. The molecule has 0 saturated carbocycles. The lowest BCUT2D eigenvalue weighted by atomic mass is 10.1. The number of ether oxygens (including phenoxy) is 1. The van der Waals surface area contributed by atoms with Gasteiger partial charge in [0.1, 0.15) is 11.5 Å². The molecule has 0 aliphatic heterocycles. The Bertz CT molecular complexity index is 313. The fourth-order valence-corrected chi connectivity index (χ4v) is 1.17. The minimum absolute atomic E-state index is 0.0157. The van der Waals surface area contributed by atoms with Gasteiger partial charge in [-0.05, 0) is 19.1 Å². The number of furan rings is 1. The molecule has 0 amide bonds. The Kier molecular flexibility index (Phi) is 4.60. The van der Waals surface area contributed by atoms with Crippen molar-refractivity contribution in [1.29, 1.82) is 0 Å². The van der Waals surface area contributed by atoms with Gasteiger partial charge in [-0.3, -0.25) is 9.59 Å². The molecule has 1 rings (SSSR count). The maximum Gasteiger partial charge on any atom is 0.306 e. The van der Waals surface area contributed by atoms with E-state index in [0.29, 0.717) is 12.4 Å². The minimum Gasteiger partial charge on any atom is -0.469 e. The van der Waals surface area contributed by atoms with E-state index in [1.165, 1.54) is 6.26 Å². The van der Waals surface area contributed by atoms with E-state index >= 15 is 0 Å². The smallest absolute Gasteiger partial charge is 0.306 e. The molecule has 0 aliphatic carbocycles. The first-order valence-electron chi connectivity index (χ1n) is 4.92. The van der Waals surface area contributed by atoms with Crippen LogP contribution < -0.4 is 0 Å². The zero-order valence-corrected chi connectivity index (χ0v) is 8.69. The molecule has 0 unspecified atom stereocenters. The van der Waals surface area contributed by atoms with Gasteiger partial charge in [-0.1, -0.05) is 0 Å². The highest BCUT2D eigenvalue weighted by molar-refractivity contribution is 5.84. The van der Waals surface area contributed by atoms with Crippen molar-refractivity contribution in [3.05, 3.63) is 24.2 Å². The number of carbonyl (C=O) groups is 2. The van der Waals surface area contributed by atoms with Crippen LogP contribution in [0.1, 0.15) is 25.5 Å². The van der Waals surface area contributed by atoms with Crippen molar-refractivity contribution in [3.8, 4) is 0 Å². The van der Waals surface area contributed by atoms with E-state index in [2.05, 4.69) is 0 Å². The monoisotopic (exact) mass is 210 g/mol. The summed E-state index contributed by atoms with van der Waals surface area (Å²) in [7, 11) is 0. The molecule has 15 heavy (non-hydrogen) atoms.